The van der Waals surface area contributed by atoms with E-state index in [1.807, 2.05) is 24.3 Å². The predicted molar refractivity (Wildman–Crippen MR) is 113 cm³/mol. The molecular formula is C21H24Cl2N2O3. The van der Waals surface area contributed by atoms with E-state index in [0.29, 0.717) is 22.3 Å². The number of β-amino-alcohol motifs (C(OH)–C–C–N with tert-alkyl or cyclic N) is 1. The number of para-hydroxylation sites is 1. The average molecular weight is 423 g/mol. The van der Waals surface area contributed by atoms with Gasteiger partial charge in [-0.25, -0.2) is 0 Å². The molecule has 1 heterocycles. The number of aliphatic hydroxyl groups is 1. The van der Waals surface area contributed by atoms with E-state index in [9.17, 15) is 9.90 Å². The monoisotopic (exact) mass is 422 g/mol. The van der Waals surface area contributed by atoms with Gasteiger partial charge in [0.05, 0.1) is 10.0 Å². The highest BCUT2D eigenvalue weighted by molar-refractivity contribution is 6.37. The molecule has 0 spiro atoms. The Hall–Kier alpha value is -1.79. The number of carbonyl (C=O) groups excluding carboxylic acids is 1. The summed E-state index contributed by atoms with van der Waals surface area (Å²) in [5.41, 5.74) is 1.84. The molecule has 0 unspecified atom stereocenters. The summed E-state index contributed by atoms with van der Waals surface area (Å²) in [6.45, 7) is 5.65. The van der Waals surface area contributed by atoms with Crippen molar-refractivity contribution in [3.8, 4) is 5.75 Å². The van der Waals surface area contributed by atoms with E-state index in [2.05, 4.69) is 9.80 Å². The van der Waals surface area contributed by atoms with Crippen molar-refractivity contribution in [1.82, 2.24) is 4.90 Å². The Kier molecular flexibility index (Phi) is 7.18. The number of hydrogen-bond donors (Lipinski definition) is 1. The van der Waals surface area contributed by atoms with Crippen molar-refractivity contribution in [2.45, 2.75) is 13.0 Å². The van der Waals surface area contributed by atoms with E-state index in [1.165, 1.54) is 0 Å². The Labute approximate surface area is 175 Å². The second kappa shape index (κ2) is 9.61. The molecule has 0 saturated carbocycles. The number of piperazine rings is 1. The molecule has 0 aromatic heterocycles. The van der Waals surface area contributed by atoms with Crippen LogP contribution >= 0.6 is 23.2 Å². The molecule has 0 aliphatic carbocycles. The van der Waals surface area contributed by atoms with Gasteiger partial charge in [0.15, 0.2) is 11.5 Å². The molecule has 2 aromatic rings. The SMILES string of the molecule is CC(=O)c1ccc(N2CCN(C[C@H](O)COc3c(Cl)cccc3Cl)CC2)cc1. The highest BCUT2D eigenvalue weighted by Crippen LogP contribution is 2.32. The van der Waals surface area contributed by atoms with Gasteiger partial charge < -0.3 is 14.7 Å². The maximum absolute atomic E-state index is 11.4. The second-order valence-electron chi connectivity index (χ2n) is 6.91. The first kappa shape index (κ1) is 20.9. The van der Waals surface area contributed by atoms with Crippen LogP contribution in [0.5, 0.6) is 5.75 Å². The number of Topliss-reactive ketones (excluding diaryl/α,β-unsaturated/α-hetero) is 1. The fraction of sp³-hybridized carbons (Fsp3) is 0.381. The number of benzene rings is 2. The quantitative estimate of drug-likeness (QED) is 0.688. The van der Waals surface area contributed by atoms with Crippen molar-refractivity contribution < 1.29 is 14.6 Å². The van der Waals surface area contributed by atoms with E-state index in [4.69, 9.17) is 27.9 Å². The number of rotatable bonds is 7. The van der Waals surface area contributed by atoms with E-state index < -0.39 is 6.10 Å². The molecular weight excluding hydrogens is 399 g/mol. The molecule has 150 valence electrons. The van der Waals surface area contributed by atoms with Gasteiger partial charge in [-0.1, -0.05) is 29.3 Å². The van der Waals surface area contributed by atoms with Crippen LogP contribution in [0.3, 0.4) is 0 Å². The maximum atomic E-state index is 11.4. The molecule has 5 nitrogen and oxygen atoms in total. The van der Waals surface area contributed by atoms with E-state index >= 15 is 0 Å². The standard InChI is InChI=1S/C21H24Cl2N2O3/c1-15(26)16-5-7-17(8-6-16)25-11-9-24(10-12-25)13-18(27)14-28-21-19(22)3-2-4-20(21)23/h2-8,18,27H,9-14H2,1H3/t18-/m0/s1. The van der Waals surface area contributed by atoms with Crippen molar-refractivity contribution >= 4 is 34.7 Å². The Morgan fingerprint density at radius 3 is 2.25 bits per heavy atom. The summed E-state index contributed by atoms with van der Waals surface area (Å²) >= 11 is 12.2. The summed E-state index contributed by atoms with van der Waals surface area (Å²) in [5.74, 6) is 0.481. The number of anilines is 1. The lowest BCUT2D eigenvalue weighted by atomic mass is 10.1. The molecule has 2 aromatic carbocycles. The zero-order valence-electron chi connectivity index (χ0n) is 15.8. The first-order valence-corrected chi connectivity index (χ1v) is 10.0. The van der Waals surface area contributed by atoms with Gasteiger partial charge in [0.25, 0.3) is 0 Å². The van der Waals surface area contributed by atoms with Gasteiger partial charge >= 0.3 is 0 Å². The Bertz CT molecular complexity index is 786. The molecule has 7 heteroatoms. The second-order valence-corrected chi connectivity index (χ2v) is 7.72. The van der Waals surface area contributed by atoms with Crippen LogP contribution in [0.1, 0.15) is 17.3 Å². The summed E-state index contributed by atoms with van der Waals surface area (Å²) < 4.78 is 5.61. The molecule has 28 heavy (non-hydrogen) atoms. The summed E-state index contributed by atoms with van der Waals surface area (Å²) in [4.78, 5) is 15.9. The van der Waals surface area contributed by atoms with Crippen molar-refractivity contribution in [3.63, 3.8) is 0 Å². The normalized spacial score (nSPS) is 16.1. The first-order chi connectivity index (χ1) is 13.4. The smallest absolute Gasteiger partial charge is 0.159 e. The van der Waals surface area contributed by atoms with Crippen LogP contribution in [0.2, 0.25) is 10.0 Å². The fourth-order valence-corrected chi connectivity index (χ4v) is 3.75. The molecule has 3 rings (SSSR count). The molecule has 1 fully saturated rings. The minimum Gasteiger partial charge on any atom is -0.488 e. The van der Waals surface area contributed by atoms with Crippen molar-refractivity contribution in [1.29, 1.82) is 0 Å². The van der Waals surface area contributed by atoms with Gasteiger partial charge in [0.2, 0.25) is 0 Å². The molecule has 0 amide bonds. The minimum absolute atomic E-state index is 0.0747. The minimum atomic E-state index is -0.631. The maximum Gasteiger partial charge on any atom is 0.159 e. The highest BCUT2D eigenvalue weighted by atomic mass is 35.5. The lowest BCUT2D eigenvalue weighted by Crippen LogP contribution is -2.49. The van der Waals surface area contributed by atoms with Crippen molar-refractivity contribution in [2.24, 2.45) is 0 Å². The van der Waals surface area contributed by atoms with Gasteiger partial charge in [0, 0.05) is 44.0 Å². The zero-order valence-corrected chi connectivity index (χ0v) is 17.3. The lowest BCUT2D eigenvalue weighted by molar-refractivity contribution is 0.0664. The summed E-state index contributed by atoms with van der Waals surface area (Å²) in [7, 11) is 0. The third-order valence-corrected chi connectivity index (χ3v) is 5.41. The van der Waals surface area contributed by atoms with Crippen LogP contribution in [0.25, 0.3) is 0 Å². The number of carbonyl (C=O) groups is 1. The number of ether oxygens (including phenoxy) is 1. The van der Waals surface area contributed by atoms with E-state index in [1.54, 1.807) is 25.1 Å². The number of aliphatic hydroxyl groups excluding tert-OH is 1. The van der Waals surface area contributed by atoms with Gasteiger partial charge in [0.1, 0.15) is 12.7 Å². The van der Waals surface area contributed by atoms with Crippen LogP contribution < -0.4 is 9.64 Å². The Balaban J connectivity index is 1.45. The molecule has 0 bridgehead atoms. The van der Waals surface area contributed by atoms with Crippen LogP contribution in [-0.2, 0) is 0 Å². The Morgan fingerprint density at radius 1 is 1.07 bits per heavy atom. The molecule has 1 aliphatic rings. The summed E-state index contributed by atoms with van der Waals surface area (Å²) in [6, 6.07) is 12.9. The van der Waals surface area contributed by atoms with E-state index in [-0.39, 0.29) is 12.4 Å². The van der Waals surface area contributed by atoms with E-state index in [0.717, 1.165) is 37.4 Å². The highest BCUT2D eigenvalue weighted by Gasteiger charge is 2.20. The van der Waals surface area contributed by atoms with Gasteiger partial charge in [-0.15, -0.1) is 0 Å². The third kappa shape index (κ3) is 5.39. The summed E-state index contributed by atoms with van der Waals surface area (Å²) in [5, 5.41) is 11.2. The van der Waals surface area contributed by atoms with Crippen molar-refractivity contribution in [3.05, 3.63) is 58.1 Å². The number of halogens is 2. The van der Waals surface area contributed by atoms with Crippen LogP contribution in [0.4, 0.5) is 5.69 Å². The lowest BCUT2D eigenvalue weighted by Gasteiger charge is -2.37. The third-order valence-electron chi connectivity index (χ3n) is 4.82. The van der Waals surface area contributed by atoms with Gasteiger partial charge in [-0.3, -0.25) is 9.69 Å². The predicted octanol–water partition coefficient (Wildman–Crippen LogP) is 3.76. The molecule has 0 radical (unpaired) electrons. The molecule has 1 saturated heterocycles. The zero-order chi connectivity index (χ0) is 20.1. The van der Waals surface area contributed by atoms with Crippen LogP contribution in [0.15, 0.2) is 42.5 Å². The van der Waals surface area contributed by atoms with Crippen molar-refractivity contribution in [2.75, 3.05) is 44.2 Å². The number of ketones is 1. The largest absolute Gasteiger partial charge is 0.488 e. The molecule has 1 atom stereocenters. The Morgan fingerprint density at radius 2 is 1.68 bits per heavy atom. The summed E-state index contributed by atoms with van der Waals surface area (Å²) in [6.07, 6.45) is -0.631. The van der Waals surface area contributed by atoms with Gasteiger partial charge in [-0.2, -0.15) is 0 Å². The molecule has 1 N–H and O–H groups in total. The number of hydrogen-bond acceptors (Lipinski definition) is 5. The number of nitrogens with zero attached hydrogens (tertiary/aromatic N) is 2. The average Bonchev–Trinajstić information content (AvgIpc) is 2.68. The van der Waals surface area contributed by atoms with Gasteiger partial charge in [-0.05, 0) is 43.3 Å². The topological polar surface area (TPSA) is 53.0 Å². The van der Waals surface area contributed by atoms with Crippen LogP contribution in [0, 0.1) is 0 Å². The molecule has 1 aliphatic heterocycles. The fourth-order valence-electron chi connectivity index (χ4n) is 3.25. The first-order valence-electron chi connectivity index (χ1n) is 9.27. The van der Waals surface area contributed by atoms with Crippen LogP contribution in [-0.4, -0.2) is 61.2 Å².